The summed E-state index contributed by atoms with van der Waals surface area (Å²) in [6.45, 7) is 0. The van der Waals surface area contributed by atoms with Gasteiger partial charge >= 0.3 is 6.18 Å². The second-order valence-electron chi connectivity index (χ2n) is 6.22. The van der Waals surface area contributed by atoms with Crippen LogP contribution in [0.3, 0.4) is 0 Å². The van der Waals surface area contributed by atoms with Crippen molar-refractivity contribution in [2.75, 3.05) is 0 Å². The summed E-state index contributed by atoms with van der Waals surface area (Å²) >= 11 is 0. The molecule has 4 aliphatic rings. The lowest BCUT2D eigenvalue weighted by Crippen LogP contribution is -2.55. The molecular weight excluding hydrogens is 217 g/mol. The first kappa shape index (κ1) is 10.9. The van der Waals surface area contributed by atoms with Crippen LogP contribution in [0.1, 0.15) is 38.5 Å². The normalized spacial score (nSPS) is 48.4. The summed E-state index contributed by atoms with van der Waals surface area (Å²) in [4.78, 5) is 0. The van der Waals surface area contributed by atoms with Crippen molar-refractivity contribution in [3.05, 3.63) is 0 Å². The quantitative estimate of drug-likeness (QED) is 0.739. The van der Waals surface area contributed by atoms with Gasteiger partial charge in [0, 0.05) is 5.41 Å². The standard InChI is InChI=1S/C12H17F3O/c13-12(14,15)10(16)11-4-7-1-8(5-11)3-9(2-7)6-11/h7-10,16H,1-6H2. The summed E-state index contributed by atoms with van der Waals surface area (Å²) < 4.78 is 38.1. The Morgan fingerprint density at radius 1 is 0.938 bits per heavy atom. The van der Waals surface area contributed by atoms with Crippen LogP contribution in [0, 0.1) is 23.2 Å². The highest BCUT2D eigenvalue weighted by Gasteiger charge is 2.60. The van der Waals surface area contributed by atoms with Crippen molar-refractivity contribution in [3.63, 3.8) is 0 Å². The molecule has 1 atom stereocenters. The molecule has 0 heterocycles. The molecule has 4 heteroatoms. The van der Waals surface area contributed by atoms with Crippen LogP contribution in [0.15, 0.2) is 0 Å². The first-order valence-electron chi connectivity index (χ1n) is 6.14. The van der Waals surface area contributed by atoms with Crippen LogP contribution in [0.2, 0.25) is 0 Å². The van der Waals surface area contributed by atoms with E-state index in [1.807, 2.05) is 0 Å². The molecule has 4 bridgehead atoms. The molecule has 4 aliphatic carbocycles. The van der Waals surface area contributed by atoms with Crippen molar-refractivity contribution in [3.8, 4) is 0 Å². The summed E-state index contributed by atoms with van der Waals surface area (Å²) in [5, 5.41) is 9.63. The molecule has 0 saturated heterocycles. The summed E-state index contributed by atoms with van der Waals surface area (Å²) in [5.74, 6) is 1.34. The predicted octanol–water partition coefficient (Wildman–Crippen LogP) is 3.13. The minimum absolute atomic E-state index is 0.447. The lowest BCUT2D eigenvalue weighted by atomic mass is 9.48. The fourth-order valence-corrected chi connectivity index (χ4v) is 4.86. The Morgan fingerprint density at radius 2 is 1.31 bits per heavy atom. The third kappa shape index (κ3) is 1.49. The van der Waals surface area contributed by atoms with Gasteiger partial charge in [-0.05, 0) is 56.3 Å². The highest BCUT2D eigenvalue weighted by molar-refractivity contribution is 5.05. The summed E-state index contributed by atoms with van der Waals surface area (Å²) in [7, 11) is 0. The summed E-state index contributed by atoms with van der Waals surface area (Å²) in [6.07, 6.45) is -1.43. The number of hydrogen-bond donors (Lipinski definition) is 1. The van der Waals surface area contributed by atoms with E-state index in [2.05, 4.69) is 0 Å². The Balaban J connectivity index is 1.88. The molecule has 1 N–H and O–H groups in total. The molecule has 4 rings (SSSR count). The van der Waals surface area contributed by atoms with Gasteiger partial charge in [0.1, 0.15) is 0 Å². The van der Waals surface area contributed by atoms with E-state index in [9.17, 15) is 18.3 Å². The van der Waals surface area contributed by atoms with Gasteiger partial charge in [-0.25, -0.2) is 0 Å². The lowest BCUT2D eigenvalue weighted by molar-refractivity contribution is -0.264. The molecular formula is C12H17F3O. The molecule has 0 aromatic rings. The molecule has 0 amide bonds. The monoisotopic (exact) mass is 234 g/mol. The average Bonchev–Trinajstić information content (AvgIpc) is 2.12. The second-order valence-corrected chi connectivity index (χ2v) is 6.22. The van der Waals surface area contributed by atoms with E-state index in [4.69, 9.17) is 0 Å². The molecule has 0 aromatic heterocycles. The number of alkyl halides is 3. The Hall–Kier alpha value is -0.250. The molecule has 1 nitrogen and oxygen atoms in total. The molecule has 0 radical (unpaired) electrons. The van der Waals surface area contributed by atoms with Gasteiger partial charge in [-0.2, -0.15) is 13.2 Å². The van der Waals surface area contributed by atoms with Gasteiger partial charge in [0.2, 0.25) is 0 Å². The Kier molecular flexibility index (Phi) is 2.14. The third-order valence-corrected chi connectivity index (χ3v) is 4.98. The van der Waals surface area contributed by atoms with Gasteiger partial charge in [0.15, 0.2) is 6.10 Å². The van der Waals surface area contributed by atoms with Crippen LogP contribution in [0.25, 0.3) is 0 Å². The van der Waals surface area contributed by atoms with E-state index in [0.717, 1.165) is 19.3 Å². The van der Waals surface area contributed by atoms with E-state index in [1.54, 1.807) is 0 Å². The largest absolute Gasteiger partial charge is 0.414 e. The van der Waals surface area contributed by atoms with Crippen molar-refractivity contribution < 1.29 is 18.3 Å². The number of aliphatic hydroxyl groups excluding tert-OH is 1. The number of halogens is 3. The van der Waals surface area contributed by atoms with E-state index in [-0.39, 0.29) is 0 Å². The molecule has 4 fully saturated rings. The number of rotatable bonds is 1. The molecule has 16 heavy (non-hydrogen) atoms. The maximum atomic E-state index is 12.7. The predicted molar refractivity (Wildman–Crippen MR) is 52.7 cm³/mol. The van der Waals surface area contributed by atoms with Gasteiger partial charge in [-0.15, -0.1) is 0 Å². The van der Waals surface area contributed by atoms with E-state index < -0.39 is 17.7 Å². The average molecular weight is 234 g/mol. The van der Waals surface area contributed by atoms with Gasteiger partial charge in [-0.1, -0.05) is 0 Å². The molecule has 4 saturated carbocycles. The Morgan fingerprint density at radius 3 is 1.62 bits per heavy atom. The number of aliphatic hydroxyl groups is 1. The topological polar surface area (TPSA) is 20.2 Å². The highest BCUT2D eigenvalue weighted by atomic mass is 19.4. The van der Waals surface area contributed by atoms with Crippen molar-refractivity contribution in [1.29, 1.82) is 0 Å². The van der Waals surface area contributed by atoms with Gasteiger partial charge in [-0.3, -0.25) is 0 Å². The lowest BCUT2D eigenvalue weighted by Gasteiger charge is -2.58. The summed E-state index contributed by atoms with van der Waals surface area (Å²) in [5.41, 5.74) is -0.826. The Bertz CT molecular complexity index is 262. The fraction of sp³-hybridized carbons (Fsp3) is 1.00. The van der Waals surface area contributed by atoms with Gasteiger partial charge in [0.25, 0.3) is 0 Å². The fourth-order valence-electron chi connectivity index (χ4n) is 4.86. The zero-order valence-corrected chi connectivity index (χ0v) is 9.13. The number of hydrogen-bond acceptors (Lipinski definition) is 1. The molecule has 0 aliphatic heterocycles. The Labute approximate surface area is 93.0 Å². The zero-order chi connectivity index (χ0) is 11.6. The van der Waals surface area contributed by atoms with Crippen molar-refractivity contribution in [2.45, 2.75) is 50.8 Å². The second kappa shape index (κ2) is 3.15. The van der Waals surface area contributed by atoms with E-state index in [0.29, 0.717) is 37.0 Å². The van der Waals surface area contributed by atoms with Crippen LogP contribution in [0.4, 0.5) is 13.2 Å². The first-order chi connectivity index (χ1) is 7.39. The van der Waals surface area contributed by atoms with Crippen LogP contribution in [-0.2, 0) is 0 Å². The van der Waals surface area contributed by atoms with Crippen LogP contribution >= 0.6 is 0 Å². The minimum Gasteiger partial charge on any atom is -0.383 e. The maximum Gasteiger partial charge on any atom is 0.414 e. The minimum atomic E-state index is -4.44. The SMILES string of the molecule is OC(C(F)(F)F)C12CC3CC(CC(C3)C1)C2. The highest BCUT2D eigenvalue weighted by Crippen LogP contribution is 2.62. The molecule has 0 spiro atoms. The van der Waals surface area contributed by atoms with Crippen molar-refractivity contribution in [1.82, 2.24) is 0 Å². The van der Waals surface area contributed by atoms with Crippen LogP contribution < -0.4 is 0 Å². The molecule has 0 aromatic carbocycles. The first-order valence-corrected chi connectivity index (χ1v) is 6.14. The summed E-state index contributed by atoms with van der Waals surface area (Å²) in [6, 6.07) is 0. The van der Waals surface area contributed by atoms with Crippen LogP contribution in [-0.4, -0.2) is 17.4 Å². The van der Waals surface area contributed by atoms with E-state index in [1.165, 1.54) is 0 Å². The van der Waals surface area contributed by atoms with Gasteiger partial charge < -0.3 is 5.11 Å². The van der Waals surface area contributed by atoms with Crippen molar-refractivity contribution >= 4 is 0 Å². The molecule has 1 unspecified atom stereocenters. The van der Waals surface area contributed by atoms with Crippen molar-refractivity contribution in [2.24, 2.45) is 23.2 Å². The zero-order valence-electron chi connectivity index (χ0n) is 9.13. The molecule has 92 valence electrons. The maximum absolute atomic E-state index is 12.7. The van der Waals surface area contributed by atoms with Crippen LogP contribution in [0.5, 0.6) is 0 Å². The third-order valence-electron chi connectivity index (χ3n) is 4.98. The van der Waals surface area contributed by atoms with E-state index >= 15 is 0 Å². The van der Waals surface area contributed by atoms with Gasteiger partial charge in [0.05, 0.1) is 0 Å². The smallest absolute Gasteiger partial charge is 0.383 e.